The number of aryl methyl sites for hydroxylation is 1. The van der Waals surface area contributed by atoms with Crippen LogP contribution in [-0.4, -0.2) is 18.5 Å². The number of amides is 1. The van der Waals surface area contributed by atoms with Gasteiger partial charge in [0.25, 0.3) is 5.91 Å². The summed E-state index contributed by atoms with van der Waals surface area (Å²) in [5, 5.41) is 2.75. The van der Waals surface area contributed by atoms with E-state index in [0.717, 1.165) is 16.7 Å². The summed E-state index contributed by atoms with van der Waals surface area (Å²) in [5.41, 5.74) is 3.78. The van der Waals surface area contributed by atoms with E-state index >= 15 is 0 Å². The van der Waals surface area contributed by atoms with Gasteiger partial charge in [0.15, 0.2) is 6.61 Å². The summed E-state index contributed by atoms with van der Waals surface area (Å²) in [7, 11) is 0. The fraction of sp³-hybridized carbons (Fsp3) is 0.0909. The highest BCUT2D eigenvalue weighted by atomic mass is 16.5. The van der Waals surface area contributed by atoms with Crippen LogP contribution in [0.25, 0.3) is 11.1 Å². The molecule has 4 heteroatoms. The summed E-state index contributed by atoms with van der Waals surface area (Å²) in [6, 6.07) is 24.2. The normalized spacial score (nSPS) is 10.2. The number of para-hydroxylation sites is 1. The number of benzene rings is 3. The number of esters is 1. The second kappa shape index (κ2) is 8.12. The van der Waals surface area contributed by atoms with Crippen molar-refractivity contribution in [2.75, 3.05) is 11.9 Å². The number of hydrogen-bond acceptors (Lipinski definition) is 3. The van der Waals surface area contributed by atoms with E-state index in [2.05, 4.69) is 5.32 Å². The van der Waals surface area contributed by atoms with Crippen molar-refractivity contribution in [3.05, 3.63) is 90.0 Å². The standard InChI is InChI=1S/C22H19NO3/c1-16-9-5-8-14-20(16)23-21(24)15-26-22(25)19-13-7-6-12-18(19)17-10-3-2-4-11-17/h2-14H,15H2,1H3,(H,23,24). The molecule has 3 aromatic rings. The quantitative estimate of drug-likeness (QED) is 0.695. The van der Waals surface area contributed by atoms with Gasteiger partial charge in [0.05, 0.1) is 5.56 Å². The molecule has 0 atom stereocenters. The van der Waals surface area contributed by atoms with Crippen molar-refractivity contribution in [2.45, 2.75) is 6.92 Å². The van der Waals surface area contributed by atoms with E-state index in [9.17, 15) is 9.59 Å². The van der Waals surface area contributed by atoms with Gasteiger partial charge in [-0.1, -0.05) is 66.7 Å². The Bertz CT molecular complexity index is 919. The van der Waals surface area contributed by atoms with Crippen molar-refractivity contribution >= 4 is 17.6 Å². The lowest BCUT2D eigenvalue weighted by Gasteiger charge is -2.11. The summed E-state index contributed by atoms with van der Waals surface area (Å²) in [6.45, 7) is 1.56. The fourth-order valence-corrected chi connectivity index (χ4v) is 2.64. The maximum absolute atomic E-state index is 12.5. The molecule has 0 saturated carbocycles. The maximum Gasteiger partial charge on any atom is 0.339 e. The Morgan fingerprint density at radius 1 is 0.846 bits per heavy atom. The molecule has 4 nitrogen and oxygen atoms in total. The molecule has 0 saturated heterocycles. The number of anilines is 1. The molecule has 130 valence electrons. The topological polar surface area (TPSA) is 55.4 Å². The van der Waals surface area contributed by atoms with Crippen LogP contribution in [0.15, 0.2) is 78.9 Å². The highest BCUT2D eigenvalue weighted by molar-refractivity contribution is 5.99. The third-order valence-electron chi connectivity index (χ3n) is 3.99. The van der Waals surface area contributed by atoms with Gasteiger partial charge in [-0.2, -0.15) is 0 Å². The van der Waals surface area contributed by atoms with Gasteiger partial charge in [-0.05, 0) is 35.7 Å². The first-order valence-corrected chi connectivity index (χ1v) is 8.32. The third-order valence-corrected chi connectivity index (χ3v) is 3.99. The lowest BCUT2D eigenvalue weighted by Crippen LogP contribution is -2.21. The Balaban J connectivity index is 1.68. The Morgan fingerprint density at radius 3 is 2.27 bits per heavy atom. The van der Waals surface area contributed by atoms with E-state index in [1.807, 2.05) is 67.6 Å². The molecular formula is C22H19NO3. The van der Waals surface area contributed by atoms with Crippen molar-refractivity contribution < 1.29 is 14.3 Å². The zero-order valence-corrected chi connectivity index (χ0v) is 14.4. The Labute approximate surface area is 152 Å². The van der Waals surface area contributed by atoms with Gasteiger partial charge in [0.2, 0.25) is 0 Å². The van der Waals surface area contributed by atoms with Crippen molar-refractivity contribution in [3.63, 3.8) is 0 Å². The van der Waals surface area contributed by atoms with E-state index in [0.29, 0.717) is 11.3 Å². The largest absolute Gasteiger partial charge is 0.452 e. The minimum Gasteiger partial charge on any atom is -0.452 e. The van der Waals surface area contributed by atoms with E-state index in [-0.39, 0.29) is 12.5 Å². The first-order valence-electron chi connectivity index (χ1n) is 8.32. The average molecular weight is 345 g/mol. The van der Waals surface area contributed by atoms with Gasteiger partial charge in [-0.3, -0.25) is 4.79 Å². The zero-order chi connectivity index (χ0) is 18.4. The van der Waals surface area contributed by atoms with Gasteiger partial charge in [-0.15, -0.1) is 0 Å². The Kier molecular flexibility index (Phi) is 5.44. The van der Waals surface area contributed by atoms with E-state index < -0.39 is 5.97 Å². The maximum atomic E-state index is 12.5. The van der Waals surface area contributed by atoms with E-state index in [4.69, 9.17) is 4.74 Å². The zero-order valence-electron chi connectivity index (χ0n) is 14.4. The molecule has 0 spiro atoms. The molecule has 0 radical (unpaired) electrons. The van der Waals surface area contributed by atoms with Gasteiger partial charge < -0.3 is 10.1 Å². The second-order valence-electron chi connectivity index (χ2n) is 5.85. The summed E-state index contributed by atoms with van der Waals surface area (Å²) >= 11 is 0. The molecule has 26 heavy (non-hydrogen) atoms. The predicted octanol–water partition coefficient (Wildman–Crippen LogP) is 4.46. The van der Waals surface area contributed by atoms with Gasteiger partial charge >= 0.3 is 5.97 Å². The van der Waals surface area contributed by atoms with Crippen LogP contribution in [0, 0.1) is 6.92 Å². The van der Waals surface area contributed by atoms with Crippen molar-refractivity contribution in [3.8, 4) is 11.1 Å². The smallest absolute Gasteiger partial charge is 0.339 e. The molecular weight excluding hydrogens is 326 g/mol. The lowest BCUT2D eigenvalue weighted by atomic mass is 10.00. The molecule has 1 amide bonds. The molecule has 0 aliphatic carbocycles. The van der Waals surface area contributed by atoms with Crippen LogP contribution in [0.5, 0.6) is 0 Å². The molecule has 0 aromatic heterocycles. The fourth-order valence-electron chi connectivity index (χ4n) is 2.64. The monoisotopic (exact) mass is 345 g/mol. The van der Waals surface area contributed by atoms with E-state index in [1.54, 1.807) is 18.2 Å². The summed E-state index contributed by atoms with van der Waals surface area (Å²) in [5.74, 6) is -0.894. The molecule has 0 bridgehead atoms. The molecule has 1 N–H and O–H groups in total. The van der Waals surface area contributed by atoms with Crippen LogP contribution < -0.4 is 5.32 Å². The SMILES string of the molecule is Cc1ccccc1NC(=O)COC(=O)c1ccccc1-c1ccccc1. The molecule has 0 aliphatic heterocycles. The highest BCUT2D eigenvalue weighted by Crippen LogP contribution is 2.24. The third kappa shape index (κ3) is 4.16. The second-order valence-corrected chi connectivity index (χ2v) is 5.85. The minimum atomic E-state index is -0.524. The van der Waals surface area contributed by atoms with Crippen molar-refractivity contribution in [2.24, 2.45) is 0 Å². The summed E-state index contributed by atoms with van der Waals surface area (Å²) in [4.78, 5) is 24.5. The van der Waals surface area contributed by atoms with Crippen LogP contribution in [0.3, 0.4) is 0 Å². The first-order chi connectivity index (χ1) is 12.6. The summed E-state index contributed by atoms with van der Waals surface area (Å²) in [6.07, 6.45) is 0. The Morgan fingerprint density at radius 2 is 1.50 bits per heavy atom. The number of ether oxygens (including phenoxy) is 1. The highest BCUT2D eigenvalue weighted by Gasteiger charge is 2.15. The Hall–Kier alpha value is -3.40. The lowest BCUT2D eigenvalue weighted by molar-refractivity contribution is -0.119. The molecule has 0 fully saturated rings. The van der Waals surface area contributed by atoms with Gasteiger partial charge in [0, 0.05) is 5.69 Å². The van der Waals surface area contributed by atoms with Gasteiger partial charge in [-0.25, -0.2) is 4.79 Å². The first kappa shape index (κ1) is 17.4. The van der Waals surface area contributed by atoms with E-state index in [1.165, 1.54) is 0 Å². The number of rotatable bonds is 5. The molecule has 0 aliphatic rings. The van der Waals surface area contributed by atoms with Crippen LogP contribution in [-0.2, 0) is 9.53 Å². The van der Waals surface area contributed by atoms with Crippen LogP contribution in [0.2, 0.25) is 0 Å². The molecule has 0 heterocycles. The average Bonchev–Trinajstić information content (AvgIpc) is 2.68. The van der Waals surface area contributed by atoms with Crippen LogP contribution in [0.4, 0.5) is 5.69 Å². The molecule has 0 unspecified atom stereocenters. The summed E-state index contributed by atoms with van der Waals surface area (Å²) < 4.78 is 5.21. The predicted molar refractivity (Wildman–Crippen MR) is 102 cm³/mol. The van der Waals surface area contributed by atoms with Crippen LogP contribution in [0.1, 0.15) is 15.9 Å². The van der Waals surface area contributed by atoms with Crippen molar-refractivity contribution in [1.29, 1.82) is 0 Å². The number of carbonyl (C=O) groups excluding carboxylic acids is 2. The van der Waals surface area contributed by atoms with Gasteiger partial charge in [0.1, 0.15) is 0 Å². The number of nitrogens with one attached hydrogen (secondary N) is 1. The number of carbonyl (C=O) groups is 2. The number of hydrogen-bond donors (Lipinski definition) is 1. The molecule has 3 rings (SSSR count). The van der Waals surface area contributed by atoms with Crippen LogP contribution >= 0.6 is 0 Å². The minimum absolute atomic E-state index is 0.337. The van der Waals surface area contributed by atoms with Crippen molar-refractivity contribution in [1.82, 2.24) is 0 Å². The molecule has 3 aromatic carbocycles.